The second-order valence-electron chi connectivity index (χ2n) is 10.2. The molecule has 0 aliphatic carbocycles. The maximum Gasteiger partial charge on any atom is 0.416 e. The Kier molecular flexibility index (Phi) is 6.77. The van der Waals surface area contributed by atoms with Crippen LogP contribution in [-0.2, 0) is 27.4 Å². The summed E-state index contributed by atoms with van der Waals surface area (Å²) in [6.45, 7) is 5.34. The van der Waals surface area contributed by atoms with E-state index in [-0.39, 0.29) is 18.2 Å². The molecular formula is C26H28F6N2O3. The first-order valence-corrected chi connectivity index (χ1v) is 11.8. The number of hydrogen-bond acceptors (Lipinski definition) is 4. The molecule has 0 aromatic heterocycles. The molecule has 0 radical (unpaired) electrons. The van der Waals surface area contributed by atoms with Gasteiger partial charge in [-0.1, -0.05) is 30.3 Å². The molecule has 3 atom stereocenters. The van der Waals surface area contributed by atoms with Crippen LogP contribution < -0.4 is 10.6 Å². The fourth-order valence-corrected chi connectivity index (χ4v) is 5.03. The Morgan fingerprint density at radius 1 is 0.973 bits per heavy atom. The van der Waals surface area contributed by atoms with Gasteiger partial charge in [0.25, 0.3) is 0 Å². The minimum atomic E-state index is -4.94. The molecule has 2 aromatic carbocycles. The molecule has 5 nitrogen and oxygen atoms in total. The van der Waals surface area contributed by atoms with Gasteiger partial charge in [0.05, 0.1) is 34.9 Å². The molecular weight excluding hydrogens is 502 g/mol. The van der Waals surface area contributed by atoms with Gasteiger partial charge in [-0.25, -0.2) is 4.79 Å². The zero-order valence-electron chi connectivity index (χ0n) is 20.5. The number of hydrogen-bond donors (Lipinski definition) is 2. The van der Waals surface area contributed by atoms with Gasteiger partial charge in [-0.3, -0.25) is 0 Å². The van der Waals surface area contributed by atoms with Crippen LogP contribution in [0.3, 0.4) is 0 Å². The molecule has 2 aliphatic heterocycles. The maximum absolute atomic E-state index is 13.3. The first-order valence-electron chi connectivity index (χ1n) is 11.8. The summed E-state index contributed by atoms with van der Waals surface area (Å²) in [5, 5.41) is 6.36. The van der Waals surface area contributed by atoms with Gasteiger partial charge < -0.3 is 20.1 Å². The molecule has 2 aromatic rings. The fourth-order valence-electron chi connectivity index (χ4n) is 5.03. The van der Waals surface area contributed by atoms with Crippen LogP contribution in [0.2, 0.25) is 0 Å². The first kappa shape index (κ1) is 27.3. The Bertz CT molecular complexity index is 1110. The smallest absolute Gasteiger partial charge is 0.416 e. The molecule has 3 unspecified atom stereocenters. The molecule has 2 N–H and O–H groups in total. The van der Waals surface area contributed by atoms with E-state index in [9.17, 15) is 31.1 Å². The molecule has 2 saturated heterocycles. The highest BCUT2D eigenvalue weighted by molar-refractivity contribution is 5.72. The van der Waals surface area contributed by atoms with Crippen LogP contribution in [-0.4, -0.2) is 30.4 Å². The Labute approximate surface area is 210 Å². The summed E-state index contributed by atoms with van der Waals surface area (Å²) in [7, 11) is 0. The van der Waals surface area contributed by atoms with E-state index in [4.69, 9.17) is 9.47 Å². The summed E-state index contributed by atoms with van der Waals surface area (Å²) in [4.78, 5) is 12.0. The SMILES string of the molecule is CC(OCC1(c2ccccc2)CCC2(CN1)NC(=O)OC2(C)C)c1cc(C(F)(F)F)cc(C(F)(F)F)c1. The van der Waals surface area contributed by atoms with Gasteiger partial charge in [-0.05, 0) is 62.9 Å². The fraction of sp³-hybridized carbons (Fsp3) is 0.500. The summed E-state index contributed by atoms with van der Waals surface area (Å²) < 4.78 is 91.4. The molecule has 202 valence electrons. The number of carbonyl (C=O) groups is 1. The monoisotopic (exact) mass is 530 g/mol. The number of rotatable bonds is 5. The third-order valence-corrected chi connectivity index (χ3v) is 7.53. The number of alkyl halides is 6. The number of nitrogens with one attached hydrogen (secondary N) is 2. The highest BCUT2D eigenvalue weighted by Crippen LogP contribution is 2.44. The molecule has 2 heterocycles. The van der Waals surface area contributed by atoms with Crippen molar-refractivity contribution in [3.63, 3.8) is 0 Å². The van der Waals surface area contributed by atoms with E-state index < -0.39 is 52.4 Å². The highest BCUT2D eigenvalue weighted by atomic mass is 19.4. The van der Waals surface area contributed by atoms with Crippen LogP contribution in [0.15, 0.2) is 48.5 Å². The summed E-state index contributed by atoms with van der Waals surface area (Å²) >= 11 is 0. The summed E-state index contributed by atoms with van der Waals surface area (Å²) in [5.41, 5.74) is -4.42. The second-order valence-corrected chi connectivity index (χ2v) is 10.2. The topological polar surface area (TPSA) is 59.6 Å². The van der Waals surface area contributed by atoms with Gasteiger partial charge in [0, 0.05) is 6.54 Å². The number of alkyl carbamates (subject to hydrolysis) is 1. The third kappa shape index (κ3) is 5.29. The van der Waals surface area contributed by atoms with Crippen LogP contribution in [0.1, 0.15) is 62.0 Å². The average Bonchev–Trinajstić information content (AvgIpc) is 3.04. The van der Waals surface area contributed by atoms with E-state index in [1.165, 1.54) is 6.92 Å². The Hall–Kier alpha value is -2.79. The Balaban J connectivity index is 1.60. The minimum Gasteiger partial charge on any atom is -0.441 e. The highest BCUT2D eigenvalue weighted by Gasteiger charge is 2.58. The predicted octanol–water partition coefficient (Wildman–Crippen LogP) is 6.34. The van der Waals surface area contributed by atoms with Gasteiger partial charge in [0.2, 0.25) is 0 Å². The van der Waals surface area contributed by atoms with E-state index in [1.807, 2.05) is 44.2 Å². The number of benzene rings is 2. The van der Waals surface area contributed by atoms with Crippen LogP contribution >= 0.6 is 0 Å². The van der Waals surface area contributed by atoms with E-state index in [2.05, 4.69) is 10.6 Å². The Morgan fingerprint density at radius 2 is 1.57 bits per heavy atom. The normalized spacial score (nSPS) is 26.6. The predicted molar refractivity (Wildman–Crippen MR) is 123 cm³/mol. The lowest BCUT2D eigenvalue weighted by atomic mass is 9.70. The summed E-state index contributed by atoms with van der Waals surface area (Å²) in [6, 6.07) is 10.7. The number of cyclic esters (lactones) is 1. The van der Waals surface area contributed by atoms with Crippen molar-refractivity contribution in [1.29, 1.82) is 0 Å². The molecule has 0 saturated carbocycles. The number of amides is 1. The van der Waals surface area contributed by atoms with Crippen molar-refractivity contribution in [2.24, 2.45) is 0 Å². The molecule has 1 spiro atoms. The second kappa shape index (κ2) is 9.20. The van der Waals surface area contributed by atoms with Crippen molar-refractivity contribution < 1.29 is 40.6 Å². The standard InChI is InChI=1S/C26H28F6N2O3/c1-16(17-11-19(25(27,28)29)13-20(12-17)26(30,31)32)36-15-23(18-7-5-4-6-8-18)9-10-24(14-33-23)22(2,3)37-21(35)34-24/h4-8,11-13,16,33H,9-10,14-15H2,1-3H3,(H,34,35). The number of ether oxygens (including phenoxy) is 2. The largest absolute Gasteiger partial charge is 0.441 e. The quantitative estimate of drug-likeness (QED) is 0.443. The van der Waals surface area contributed by atoms with Crippen molar-refractivity contribution in [2.45, 2.75) is 68.7 Å². The Morgan fingerprint density at radius 3 is 2.03 bits per heavy atom. The molecule has 2 aliphatic rings. The van der Waals surface area contributed by atoms with Gasteiger partial charge in [-0.15, -0.1) is 0 Å². The summed E-state index contributed by atoms with van der Waals surface area (Å²) in [5.74, 6) is 0. The molecule has 11 heteroatoms. The zero-order valence-corrected chi connectivity index (χ0v) is 20.5. The van der Waals surface area contributed by atoms with Crippen molar-refractivity contribution in [2.75, 3.05) is 13.2 Å². The number of piperidine rings is 1. The molecule has 2 fully saturated rings. The summed E-state index contributed by atoms with van der Waals surface area (Å²) in [6.07, 6.45) is -10.5. The van der Waals surface area contributed by atoms with Crippen molar-refractivity contribution in [1.82, 2.24) is 10.6 Å². The first-order chi connectivity index (χ1) is 17.1. The average molecular weight is 531 g/mol. The van der Waals surface area contributed by atoms with Gasteiger partial charge in [-0.2, -0.15) is 26.3 Å². The lowest BCUT2D eigenvalue weighted by molar-refractivity contribution is -0.143. The van der Waals surface area contributed by atoms with Crippen LogP contribution in [0.5, 0.6) is 0 Å². The molecule has 4 rings (SSSR count). The molecule has 0 bridgehead atoms. The van der Waals surface area contributed by atoms with Gasteiger partial charge in [0.1, 0.15) is 5.60 Å². The van der Waals surface area contributed by atoms with E-state index in [1.54, 1.807) is 0 Å². The van der Waals surface area contributed by atoms with Crippen LogP contribution in [0, 0.1) is 0 Å². The van der Waals surface area contributed by atoms with Crippen LogP contribution in [0.25, 0.3) is 0 Å². The zero-order chi connectivity index (χ0) is 27.3. The molecule has 1 amide bonds. The maximum atomic E-state index is 13.3. The van der Waals surface area contributed by atoms with E-state index in [0.29, 0.717) is 31.5 Å². The van der Waals surface area contributed by atoms with Crippen LogP contribution in [0.4, 0.5) is 31.1 Å². The van der Waals surface area contributed by atoms with E-state index >= 15 is 0 Å². The third-order valence-electron chi connectivity index (χ3n) is 7.53. The number of carbonyl (C=O) groups excluding carboxylic acids is 1. The lowest BCUT2D eigenvalue weighted by Crippen LogP contribution is -2.67. The van der Waals surface area contributed by atoms with Gasteiger partial charge in [0.15, 0.2) is 0 Å². The van der Waals surface area contributed by atoms with Crippen molar-refractivity contribution in [3.05, 3.63) is 70.8 Å². The van der Waals surface area contributed by atoms with Crippen molar-refractivity contribution >= 4 is 6.09 Å². The van der Waals surface area contributed by atoms with E-state index in [0.717, 1.165) is 5.56 Å². The molecule has 37 heavy (non-hydrogen) atoms. The lowest BCUT2D eigenvalue weighted by Gasteiger charge is -2.49. The van der Waals surface area contributed by atoms with Crippen molar-refractivity contribution in [3.8, 4) is 0 Å². The minimum absolute atomic E-state index is 0.0267. The number of halogens is 6. The van der Waals surface area contributed by atoms with Gasteiger partial charge >= 0.3 is 18.4 Å².